The van der Waals surface area contributed by atoms with Gasteiger partial charge in [-0.05, 0) is 58.3 Å². The molecule has 0 atom stereocenters. The zero-order chi connectivity index (χ0) is 37.0. The van der Waals surface area contributed by atoms with Crippen molar-refractivity contribution in [3.63, 3.8) is 0 Å². The summed E-state index contributed by atoms with van der Waals surface area (Å²) in [5, 5.41) is 5.91. The molecule has 3 heterocycles. The highest BCUT2D eigenvalue weighted by Crippen LogP contribution is 2.37. The molecule has 56 heavy (non-hydrogen) atoms. The number of hydrogen-bond acceptors (Lipinski definition) is 4. The molecule has 11 aromatic rings. The van der Waals surface area contributed by atoms with Crippen LogP contribution < -0.4 is 0 Å². The maximum absolute atomic E-state index is 6.18. The van der Waals surface area contributed by atoms with Crippen molar-refractivity contribution in [2.75, 3.05) is 0 Å². The molecule has 0 N–H and O–H groups in total. The Labute approximate surface area is 322 Å². The minimum absolute atomic E-state index is 0.594. The third-order valence-electron chi connectivity index (χ3n) is 10.7. The van der Waals surface area contributed by atoms with Gasteiger partial charge in [0.25, 0.3) is 0 Å². The molecule has 0 aliphatic carbocycles. The Bertz CT molecular complexity index is 3160. The van der Waals surface area contributed by atoms with Crippen LogP contribution in [0.4, 0.5) is 0 Å². The monoisotopic (exact) mass is 716 g/mol. The molecule has 8 aromatic carbocycles. The summed E-state index contributed by atoms with van der Waals surface area (Å²) in [5.41, 5.74) is 10.1. The molecule has 0 aliphatic heterocycles. The second-order valence-electron chi connectivity index (χ2n) is 14.0. The molecule has 0 saturated carbocycles. The van der Waals surface area contributed by atoms with E-state index in [1.165, 1.54) is 27.1 Å². The van der Waals surface area contributed by atoms with Crippen molar-refractivity contribution < 1.29 is 4.42 Å². The van der Waals surface area contributed by atoms with Gasteiger partial charge in [0.05, 0.1) is 16.7 Å². The minimum atomic E-state index is 0.594. The second kappa shape index (κ2) is 13.0. The Morgan fingerprint density at radius 3 is 1.55 bits per heavy atom. The normalized spacial score (nSPS) is 11.6. The van der Waals surface area contributed by atoms with Crippen LogP contribution >= 0.6 is 0 Å². The maximum Gasteiger partial charge on any atom is 0.166 e. The summed E-state index contributed by atoms with van der Waals surface area (Å²) in [7, 11) is 0. The predicted octanol–water partition coefficient (Wildman–Crippen LogP) is 13.2. The van der Waals surface area contributed by atoms with Gasteiger partial charge in [0.1, 0.15) is 11.3 Å². The smallest absolute Gasteiger partial charge is 0.166 e. The first-order chi connectivity index (χ1) is 27.7. The molecule has 0 bridgehead atoms. The first kappa shape index (κ1) is 31.9. The van der Waals surface area contributed by atoms with Crippen molar-refractivity contribution in [3.05, 3.63) is 194 Å². The summed E-state index contributed by atoms with van der Waals surface area (Å²) in [6, 6.07) is 67.4. The van der Waals surface area contributed by atoms with Gasteiger partial charge in [-0.1, -0.05) is 158 Å². The fourth-order valence-electron chi connectivity index (χ4n) is 7.98. The van der Waals surface area contributed by atoms with Crippen LogP contribution in [0.5, 0.6) is 0 Å². The second-order valence-corrected chi connectivity index (χ2v) is 14.0. The molecule has 0 unspecified atom stereocenters. The molecular weight excluding hydrogens is 685 g/mol. The molecule has 5 heteroatoms. The third-order valence-corrected chi connectivity index (χ3v) is 10.7. The molecule has 3 aromatic heterocycles. The van der Waals surface area contributed by atoms with Crippen LogP contribution in [0.25, 0.3) is 106 Å². The van der Waals surface area contributed by atoms with Crippen LogP contribution in [0.3, 0.4) is 0 Å². The van der Waals surface area contributed by atoms with Gasteiger partial charge in [0, 0.05) is 38.4 Å². The molecule has 0 radical (unpaired) electrons. The summed E-state index contributed by atoms with van der Waals surface area (Å²) in [4.78, 5) is 15.6. The fourth-order valence-corrected chi connectivity index (χ4v) is 7.98. The van der Waals surface area contributed by atoms with Crippen LogP contribution in [0, 0.1) is 0 Å². The molecule has 5 nitrogen and oxygen atoms in total. The van der Waals surface area contributed by atoms with E-state index < -0.39 is 0 Å². The van der Waals surface area contributed by atoms with Gasteiger partial charge in [-0.3, -0.25) is 0 Å². The third kappa shape index (κ3) is 5.37. The minimum Gasteiger partial charge on any atom is -0.456 e. The highest BCUT2D eigenvalue weighted by molar-refractivity contribution is 6.09. The van der Waals surface area contributed by atoms with Crippen LogP contribution in [0.2, 0.25) is 0 Å². The van der Waals surface area contributed by atoms with Crippen molar-refractivity contribution in [2.24, 2.45) is 0 Å². The highest BCUT2D eigenvalue weighted by Gasteiger charge is 2.19. The molecule has 0 amide bonds. The summed E-state index contributed by atoms with van der Waals surface area (Å²) >= 11 is 0. The van der Waals surface area contributed by atoms with E-state index in [0.29, 0.717) is 17.5 Å². The van der Waals surface area contributed by atoms with Gasteiger partial charge < -0.3 is 8.98 Å². The van der Waals surface area contributed by atoms with E-state index in [-0.39, 0.29) is 0 Å². The summed E-state index contributed by atoms with van der Waals surface area (Å²) in [5.74, 6) is 2.62. The lowest BCUT2D eigenvalue weighted by atomic mass is 9.97. The summed E-state index contributed by atoms with van der Waals surface area (Å²) in [6.45, 7) is 0. The van der Waals surface area contributed by atoms with Crippen molar-refractivity contribution in [2.45, 2.75) is 0 Å². The Morgan fingerprint density at radius 1 is 0.357 bits per heavy atom. The molecule has 0 aliphatic rings. The van der Waals surface area contributed by atoms with Crippen LogP contribution in [0.15, 0.2) is 199 Å². The standard InChI is InChI=1S/C51H32N4O/c1-3-15-39-33(12-1)14-11-19-40(39)34-24-28-36(29-25-34)49-52-50(37-30-26-35(27-31-37)48-32-38-13-2-10-23-47(38)56-48)54-51(53-49)43-18-6-9-22-46(43)55-44-20-7-4-16-41(44)42-17-5-8-21-45(42)55/h1-32H. The van der Waals surface area contributed by atoms with E-state index in [1.807, 2.05) is 18.2 Å². The van der Waals surface area contributed by atoms with E-state index >= 15 is 0 Å². The number of aromatic nitrogens is 4. The van der Waals surface area contributed by atoms with E-state index in [0.717, 1.165) is 61.3 Å². The number of hydrogen-bond donors (Lipinski definition) is 0. The van der Waals surface area contributed by atoms with Crippen molar-refractivity contribution in [1.82, 2.24) is 19.5 Å². The average molecular weight is 717 g/mol. The SMILES string of the molecule is c1ccc(-n2c3ccccc3c3ccccc32)c(-c2nc(-c3ccc(-c4cc5ccccc5o4)cc3)nc(-c3ccc(-c4cccc5ccccc45)cc3)n2)c1. The number of nitrogens with zero attached hydrogens (tertiary/aromatic N) is 4. The topological polar surface area (TPSA) is 56.7 Å². The maximum atomic E-state index is 6.18. The Kier molecular flexibility index (Phi) is 7.42. The molecule has 0 saturated heterocycles. The zero-order valence-corrected chi connectivity index (χ0v) is 30.2. The quantitative estimate of drug-likeness (QED) is 0.172. The van der Waals surface area contributed by atoms with Gasteiger partial charge in [0.2, 0.25) is 0 Å². The molecule has 0 spiro atoms. The van der Waals surface area contributed by atoms with E-state index in [4.69, 9.17) is 19.4 Å². The summed E-state index contributed by atoms with van der Waals surface area (Å²) in [6.07, 6.45) is 0. The number of furan rings is 1. The number of fused-ring (bicyclic) bond motifs is 5. The highest BCUT2D eigenvalue weighted by atomic mass is 16.3. The lowest BCUT2D eigenvalue weighted by molar-refractivity contribution is 0.631. The zero-order valence-electron chi connectivity index (χ0n) is 30.2. The van der Waals surface area contributed by atoms with Crippen molar-refractivity contribution in [3.8, 4) is 62.3 Å². The average Bonchev–Trinajstić information content (AvgIpc) is 3.86. The summed E-state index contributed by atoms with van der Waals surface area (Å²) < 4.78 is 8.51. The van der Waals surface area contributed by atoms with Crippen molar-refractivity contribution >= 4 is 43.5 Å². The number of benzene rings is 8. The van der Waals surface area contributed by atoms with E-state index in [2.05, 4.69) is 180 Å². The Hall–Kier alpha value is -7.63. The first-order valence-electron chi connectivity index (χ1n) is 18.8. The van der Waals surface area contributed by atoms with Gasteiger partial charge in [-0.2, -0.15) is 0 Å². The van der Waals surface area contributed by atoms with Gasteiger partial charge in [0.15, 0.2) is 17.5 Å². The molecule has 0 fully saturated rings. The molecule has 262 valence electrons. The largest absolute Gasteiger partial charge is 0.456 e. The van der Waals surface area contributed by atoms with Gasteiger partial charge >= 0.3 is 0 Å². The first-order valence-corrected chi connectivity index (χ1v) is 18.8. The fraction of sp³-hybridized carbons (Fsp3) is 0. The van der Waals surface area contributed by atoms with Crippen molar-refractivity contribution in [1.29, 1.82) is 0 Å². The lowest BCUT2D eigenvalue weighted by Gasteiger charge is -2.14. The van der Waals surface area contributed by atoms with Gasteiger partial charge in [-0.25, -0.2) is 15.0 Å². The Balaban J connectivity index is 1.07. The van der Waals surface area contributed by atoms with Crippen LogP contribution in [-0.4, -0.2) is 19.5 Å². The van der Waals surface area contributed by atoms with Gasteiger partial charge in [-0.15, -0.1) is 0 Å². The molecule has 11 rings (SSSR count). The Morgan fingerprint density at radius 2 is 0.857 bits per heavy atom. The number of rotatable bonds is 6. The molecular formula is C51H32N4O. The van der Waals surface area contributed by atoms with Crippen LogP contribution in [-0.2, 0) is 0 Å². The van der Waals surface area contributed by atoms with E-state index in [1.54, 1.807) is 0 Å². The predicted molar refractivity (Wildman–Crippen MR) is 229 cm³/mol. The number of para-hydroxylation sites is 4. The van der Waals surface area contributed by atoms with E-state index in [9.17, 15) is 0 Å². The van der Waals surface area contributed by atoms with Crippen LogP contribution in [0.1, 0.15) is 0 Å². The lowest BCUT2D eigenvalue weighted by Crippen LogP contribution is -2.03.